The highest BCUT2D eigenvalue weighted by molar-refractivity contribution is 6.42. The van der Waals surface area contributed by atoms with Crippen LogP contribution in [0.4, 0.5) is 0 Å². The molecule has 0 saturated carbocycles. The molecule has 0 aliphatic carbocycles. The summed E-state index contributed by atoms with van der Waals surface area (Å²) < 4.78 is 5.21. The zero-order chi connectivity index (χ0) is 10.6. The van der Waals surface area contributed by atoms with Gasteiger partial charge in [-0.1, -0.05) is 29.3 Å². The van der Waals surface area contributed by atoms with Gasteiger partial charge in [-0.2, -0.15) is 5.26 Å². The number of nitrogens with two attached hydrogens (primary N) is 1. The van der Waals surface area contributed by atoms with Crippen molar-refractivity contribution >= 4 is 23.2 Å². The lowest BCUT2D eigenvalue weighted by molar-refractivity contribution is 0.309. The summed E-state index contributed by atoms with van der Waals surface area (Å²) in [5.74, 6) is 0.435. The van der Waals surface area contributed by atoms with E-state index in [1.165, 1.54) is 0 Å². The molecule has 74 valence electrons. The summed E-state index contributed by atoms with van der Waals surface area (Å²) in [5.41, 5.74) is 5.35. The number of halogens is 2. The topological polar surface area (TPSA) is 59.0 Å². The number of hydrogen-bond donors (Lipinski definition) is 1. The van der Waals surface area contributed by atoms with E-state index in [9.17, 15) is 0 Å². The number of benzene rings is 1. The molecule has 0 bridgehead atoms. The van der Waals surface area contributed by atoms with Crippen molar-refractivity contribution in [2.75, 3.05) is 6.61 Å². The van der Waals surface area contributed by atoms with E-state index >= 15 is 0 Å². The van der Waals surface area contributed by atoms with Crippen LogP contribution in [-0.4, -0.2) is 12.6 Å². The van der Waals surface area contributed by atoms with Crippen LogP contribution < -0.4 is 10.5 Å². The highest BCUT2D eigenvalue weighted by Gasteiger charge is 2.07. The minimum absolute atomic E-state index is 0.0938. The predicted molar refractivity (Wildman–Crippen MR) is 55.5 cm³/mol. The molecule has 1 aromatic carbocycles. The number of rotatable bonds is 3. The molecule has 14 heavy (non-hydrogen) atoms. The van der Waals surface area contributed by atoms with Gasteiger partial charge in [-0.25, -0.2) is 0 Å². The first-order valence-corrected chi connectivity index (χ1v) is 4.62. The summed E-state index contributed by atoms with van der Waals surface area (Å²) in [6.45, 7) is 0.0938. The van der Waals surface area contributed by atoms with E-state index < -0.39 is 6.04 Å². The third-order valence-corrected chi connectivity index (χ3v) is 2.30. The van der Waals surface area contributed by atoms with Crippen molar-refractivity contribution in [2.24, 2.45) is 5.73 Å². The number of hydrogen-bond acceptors (Lipinski definition) is 3. The summed E-state index contributed by atoms with van der Waals surface area (Å²) in [4.78, 5) is 0. The van der Waals surface area contributed by atoms with Crippen LogP contribution in [-0.2, 0) is 0 Å². The van der Waals surface area contributed by atoms with Gasteiger partial charge in [-0.15, -0.1) is 0 Å². The maximum absolute atomic E-state index is 8.42. The Bertz CT molecular complexity index is 362. The van der Waals surface area contributed by atoms with Gasteiger partial charge in [0.1, 0.15) is 23.4 Å². The summed E-state index contributed by atoms with van der Waals surface area (Å²) in [6.07, 6.45) is 0. The molecule has 0 heterocycles. The van der Waals surface area contributed by atoms with Gasteiger partial charge in [-0.05, 0) is 12.1 Å². The van der Waals surface area contributed by atoms with Gasteiger partial charge in [0.2, 0.25) is 0 Å². The summed E-state index contributed by atoms with van der Waals surface area (Å²) in [7, 11) is 0. The van der Waals surface area contributed by atoms with E-state index in [0.717, 1.165) is 0 Å². The molecule has 1 aromatic rings. The monoisotopic (exact) mass is 230 g/mol. The van der Waals surface area contributed by atoms with Gasteiger partial charge in [0, 0.05) is 0 Å². The van der Waals surface area contributed by atoms with Crippen LogP contribution in [0, 0.1) is 11.3 Å². The molecule has 0 spiro atoms. The van der Waals surface area contributed by atoms with Gasteiger partial charge >= 0.3 is 0 Å². The van der Waals surface area contributed by atoms with Gasteiger partial charge in [0.25, 0.3) is 0 Å². The van der Waals surface area contributed by atoms with Crippen molar-refractivity contribution in [1.82, 2.24) is 0 Å². The van der Waals surface area contributed by atoms with Crippen molar-refractivity contribution in [3.05, 3.63) is 28.2 Å². The minimum Gasteiger partial charge on any atom is -0.489 e. The maximum atomic E-state index is 8.42. The van der Waals surface area contributed by atoms with Crippen LogP contribution in [0.2, 0.25) is 10.0 Å². The second-order valence-corrected chi connectivity index (χ2v) is 3.38. The first-order chi connectivity index (χ1) is 6.65. The Hall–Kier alpha value is -0.950. The largest absolute Gasteiger partial charge is 0.489 e. The lowest BCUT2D eigenvalue weighted by atomic mass is 10.3. The Labute approximate surface area is 92.0 Å². The lowest BCUT2D eigenvalue weighted by Gasteiger charge is -2.09. The molecule has 0 fully saturated rings. The van der Waals surface area contributed by atoms with Crippen molar-refractivity contribution in [3.8, 4) is 11.8 Å². The van der Waals surface area contributed by atoms with Crippen molar-refractivity contribution in [1.29, 1.82) is 5.26 Å². The van der Waals surface area contributed by atoms with E-state index in [0.29, 0.717) is 15.8 Å². The van der Waals surface area contributed by atoms with E-state index in [-0.39, 0.29) is 6.61 Å². The Morgan fingerprint density at radius 2 is 2.21 bits per heavy atom. The third kappa shape index (κ3) is 2.78. The molecule has 0 aliphatic rings. The fraction of sp³-hybridized carbons (Fsp3) is 0.222. The molecular formula is C9H8Cl2N2O. The zero-order valence-corrected chi connectivity index (χ0v) is 8.72. The Kier molecular flexibility index (Phi) is 4.02. The van der Waals surface area contributed by atoms with E-state index in [4.69, 9.17) is 38.9 Å². The van der Waals surface area contributed by atoms with Crippen LogP contribution in [0.25, 0.3) is 0 Å². The van der Waals surface area contributed by atoms with Gasteiger partial charge in [0.05, 0.1) is 11.1 Å². The second kappa shape index (κ2) is 5.06. The van der Waals surface area contributed by atoms with Crippen LogP contribution in [0.3, 0.4) is 0 Å². The molecule has 0 radical (unpaired) electrons. The number of nitriles is 1. The average molecular weight is 231 g/mol. The van der Waals surface area contributed by atoms with Crippen molar-refractivity contribution in [2.45, 2.75) is 6.04 Å². The maximum Gasteiger partial charge on any atom is 0.139 e. The molecular weight excluding hydrogens is 223 g/mol. The second-order valence-electron chi connectivity index (χ2n) is 2.60. The normalized spacial score (nSPS) is 11.9. The van der Waals surface area contributed by atoms with Gasteiger partial charge in [-0.3, -0.25) is 0 Å². The SMILES string of the molecule is N#CC(N)COc1cccc(Cl)c1Cl. The predicted octanol–water partition coefficient (Wildman–Crippen LogP) is 2.22. The molecule has 1 atom stereocenters. The molecule has 0 amide bonds. The molecule has 0 aromatic heterocycles. The van der Waals surface area contributed by atoms with Crippen LogP contribution in [0.5, 0.6) is 5.75 Å². The third-order valence-electron chi connectivity index (χ3n) is 1.50. The smallest absolute Gasteiger partial charge is 0.139 e. The van der Waals surface area contributed by atoms with Crippen LogP contribution in [0.1, 0.15) is 0 Å². The first-order valence-electron chi connectivity index (χ1n) is 3.87. The molecule has 0 saturated heterocycles. The quantitative estimate of drug-likeness (QED) is 0.867. The van der Waals surface area contributed by atoms with E-state index in [2.05, 4.69) is 0 Å². The van der Waals surface area contributed by atoms with E-state index in [1.807, 2.05) is 6.07 Å². The molecule has 1 rings (SSSR count). The summed E-state index contributed by atoms with van der Waals surface area (Å²) in [5, 5.41) is 9.17. The van der Waals surface area contributed by atoms with Crippen LogP contribution >= 0.6 is 23.2 Å². The fourth-order valence-corrected chi connectivity index (χ4v) is 1.16. The highest BCUT2D eigenvalue weighted by Crippen LogP contribution is 2.31. The van der Waals surface area contributed by atoms with E-state index in [1.54, 1.807) is 18.2 Å². The molecule has 3 nitrogen and oxygen atoms in total. The lowest BCUT2D eigenvalue weighted by Crippen LogP contribution is -2.25. The number of ether oxygens (including phenoxy) is 1. The standard InChI is InChI=1S/C9H8Cl2N2O/c10-7-2-1-3-8(9(7)11)14-5-6(13)4-12/h1-3,6H,5,13H2. The Balaban J connectivity index is 2.69. The van der Waals surface area contributed by atoms with Gasteiger partial charge in [0.15, 0.2) is 0 Å². The van der Waals surface area contributed by atoms with Crippen molar-refractivity contribution < 1.29 is 4.74 Å². The molecule has 0 aliphatic heterocycles. The highest BCUT2D eigenvalue weighted by atomic mass is 35.5. The first kappa shape index (κ1) is 11.1. The fourth-order valence-electron chi connectivity index (χ4n) is 0.812. The average Bonchev–Trinajstić information content (AvgIpc) is 2.20. The number of nitrogens with zero attached hydrogens (tertiary/aromatic N) is 1. The summed E-state index contributed by atoms with van der Waals surface area (Å²) >= 11 is 11.6. The summed E-state index contributed by atoms with van der Waals surface area (Å²) in [6, 6.07) is 6.21. The Morgan fingerprint density at radius 1 is 1.50 bits per heavy atom. The molecule has 2 N–H and O–H groups in total. The van der Waals surface area contributed by atoms with Gasteiger partial charge < -0.3 is 10.5 Å². The molecule has 1 unspecified atom stereocenters. The van der Waals surface area contributed by atoms with Crippen LogP contribution in [0.15, 0.2) is 18.2 Å². The van der Waals surface area contributed by atoms with Crippen molar-refractivity contribution in [3.63, 3.8) is 0 Å². The minimum atomic E-state index is -0.662. The zero-order valence-electron chi connectivity index (χ0n) is 7.21. The Morgan fingerprint density at radius 3 is 2.86 bits per heavy atom. The molecule has 5 heteroatoms.